The molecule has 0 aliphatic heterocycles. The first kappa shape index (κ1) is 12.9. The van der Waals surface area contributed by atoms with E-state index in [0.717, 1.165) is 24.8 Å². The number of nitrogens with one attached hydrogen (secondary N) is 1. The lowest BCUT2D eigenvalue weighted by Gasteiger charge is -2.25. The summed E-state index contributed by atoms with van der Waals surface area (Å²) in [6.45, 7) is 2.00. The summed E-state index contributed by atoms with van der Waals surface area (Å²) in [5.74, 6) is 0. The molecule has 2 rings (SSSR count). The lowest BCUT2D eigenvalue weighted by molar-refractivity contribution is 0.0358. The van der Waals surface area contributed by atoms with Crippen LogP contribution < -0.4 is 5.32 Å². The molecule has 1 aromatic rings. The first-order valence-corrected chi connectivity index (χ1v) is 6.27. The van der Waals surface area contributed by atoms with Gasteiger partial charge < -0.3 is 15.2 Å². The maximum Gasteiger partial charge on any atom is 0.407 e. The summed E-state index contributed by atoms with van der Waals surface area (Å²) in [5.41, 5.74) is 0.136. The van der Waals surface area contributed by atoms with E-state index in [9.17, 15) is 9.90 Å². The minimum Gasteiger partial charge on any atom is -0.445 e. The van der Waals surface area contributed by atoms with Crippen molar-refractivity contribution >= 4 is 6.09 Å². The van der Waals surface area contributed by atoms with E-state index in [1.165, 1.54) is 0 Å². The van der Waals surface area contributed by atoms with Crippen molar-refractivity contribution in [2.45, 2.75) is 44.4 Å². The number of hydrogen-bond donors (Lipinski definition) is 2. The van der Waals surface area contributed by atoms with Gasteiger partial charge in [-0.05, 0) is 31.7 Å². The van der Waals surface area contributed by atoms with Gasteiger partial charge in [0.2, 0.25) is 0 Å². The van der Waals surface area contributed by atoms with Gasteiger partial charge in [0.15, 0.2) is 0 Å². The second kappa shape index (κ2) is 5.40. The van der Waals surface area contributed by atoms with Gasteiger partial charge in [0, 0.05) is 0 Å². The van der Waals surface area contributed by atoms with Crippen molar-refractivity contribution in [1.29, 1.82) is 0 Å². The molecule has 2 atom stereocenters. The Morgan fingerprint density at radius 2 is 2.22 bits per heavy atom. The Morgan fingerprint density at radius 1 is 1.50 bits per heavy atom. The fraction of sp³-hybridized carbons (Fsp3) is 0.500. The van der Waals surface area contributed by atoms with E-state index < -0.39 is 11.7 Å². The molecule has 1 amide bonds. The summed E-state index contributed by atoms with van der Waals surface area (Å²) in [6.07, 6.45) is 1.98. The Kier molecular flexibility index (Phi) is 3.87. The van der Waals surface area contributed by atoms with Gasteiger partial charge in [-0.15, -0.1) is 0 Å². The number of rotatable bonds is 3. The van der Waals surface area contributed by atoms with Crippen molar-refractivity contribution in [2.75, 3.05) is 0 Å². The summed E-state index contributed by atoms with van der Waals surface area (Å²) < 4.78 is 5.12. The second-order valence-electron chi connectivity index (χ2n) is 5.01. The van der Waals surface area contributed by atoms with Crippen LogP contribution in [-0.4, -0.2) is 22.8 Å². The molecular weight excluding hydrogens is 230 g/mol. The Morgan fingerprint density at radius 3 is 2.83 bits per heavy atom. The first-order valence-electron chi connectivity index (χ1n) is 6.27. The van der Waals surface area contributed by atoms with Crippen LogP contribution in [0.1, 0.15) is 31.7 Å². The molecule has 18 heavy (non-hydrogen) atoms. The monoisotopic (exact) mass is 249 g/mol. The fourth-order valence-corrected chi connectivity index (χ4v) is 2.28. The number of ether oxygens (including phenoxy) is 1. The Labute approximate surface area is 107 Å². The second-order valence-corrected chi connectivity index (χ2v) is 5.01. The Hall–Kier alpha value is -1.55. The van der Waals surface area contributed by atoms with Crippen LogP contribution in [-0.2, 0) is 11.3 Å². The minimum atomic E-state index is -0.814. The number of aliphatic hydroxyl groups is 1. The zero-order valence-electron chi connectivity index (χ0n) is 10.6. The fourth-order valence-electron chi connectivity index (χ4n) is 2.28. The number of carbonyl (C=O) groups is 1. The molecule has 4 heteroatoms. The van der Waals surface area contributed by atoms with Crippen LogP contribution >= 0.6 is 0 Å². The normalized spacial score (nSPS) is 26.9. The molecule has 0 aromatic heterocycles. The maximum atomic E-state index is 11.6. The predicted molar refractivity (Wildman–Crippen MR) is 68.0 cm³/mol. The van der Waals surface area contributed by atoms with E-state index in [1.54, 1.807) is 6.92 Å². The minimum absolute atomic E-state index is 0.208. The van der Waals surface area contributed by atoms with Gasteiger partial charge in [-0.3, -0.25) is 0 Å². The third-order valence-corrected chi connectivity index (χ3v) is 3.43. The average Bonchev–Trinajstić information content (AvgIpc) is 2.68. The highest BCUT2D eigenvalue weighted by Gasteiger charge is 2.37. The van der Waals surface area contributed by atoms with Crippen molar-refractivity contribution in [3.8, 4) is 0 Å². The molecule has 4 nitrogen and oxygen atoms in total. The SMILES string of the molecule is C[C@]1(O)CCC[C@H]1NC(=O)OCc1ccccc1. The molecule has 0 spiro atoms. The van der Waals surface area contributed by atoms with E-state index in [2.05, 4.69) is 5.32 Å². The smallest absolute Gasteiger partial charge is 0.407 e. The molecule has 1 aliphatic carbocycles. The third-order valence-electron chi connectivity index (χ3n) is 3.43. The summed E-state index contributed by atoms with van der Waals surface area (Å²) in [6, 6.07) is 9.31. The van der Waals surface area contributed by atoms with Gasteiger partial charge in [0.05, 0.1) is 11.6 Å². The first-order chi connectivity index (χ1) is 8.58. The Balaban J connectivity index is 1.79. The van der Waals surface area contributed by atoms with E-state index in [4.69, 9.17) is 4.74 Å². The van der Waals surface area contributed by atoms with Crippen molar-refractivity contribution in [1.82, 2.24) is 5.32 Å². The van der Waals surface area contributed by atoms with Crippen LogP contribution in [0, 0.1) is 0 Å². The zero-order valence-corrected chi connectivity index (χ0v) is 10.6. The number of amides is 1. The van der Waals surface area contributed by atoms with Crippen LogP contribution in [0.2, 0.25) is 0 Å². The highest BCUT2D eigenvalue weighted by Crippen LogP contribution is 2.29. The molecule has 1 saturated carbocycles. The lowest BCUT2D eigenvalue weighted by Crippen LogP contribution is -2.47. The summed E-state index contributed by atoms with van der Waals surface area (Å²) in [4.78, 5) is 11.6. The van der Waals surface area contributed by atoms with Crippen molar-refractivity contribution in [3.63, 3.8) is 0 Å². The molecule has 0 heterocycles. The molecule has 1 aliphatic rings. The molecule has 1 fully saturated rings. The molecule has 1 aromatic carbocycles. The van der Waals surface area contributed by atoms with Gasteiger partial charge in [0.1, 0.15) is 6.61 Å². The molecular formula is C14H19NO3. The van der Waals surface area contributed by atoms with Crippen LogP contribution in [0.15, 0.2) is 30.3 Å². The Bertz CT molecular complexity index is 403. The molecule has 0 unspecified atom stereocenters. The topological polar surface area (TPSA) is 58.6 Å². The molecule has 0 bridgehead atoms. The van der Waals surface area contributed by atoms with Gasteiger partial charge in [-0.25, -0.2) is 4.79 Å². The summed E-state index contributed by atoms with van der Waals surface area (Å²) >= 11 is 0. The van der Waals surface area contributed by atoms with E-state index >= 15 is 0 Å². The van der Waals surface area contributed by atoms with Gasteiger partial charge in [-0.2, -0.15) is 0 Å². The molecule has 0 radical (unpaired) electrons. The van der Waals surface area contributed by atoms with Crippen LogP contribution in [0.25, 0.3) is 0 Å². The summed E-state index contributed by atoms with van der Waals surface area (Å²) in [7, 11) is 0. The van der Waals surface area contributed by atoms with E-state index in [1.807, 2.05) is 30.3 Å². The lowest BCUT2D eigenvalue weighted by atomic mass is 10.0. The number of hydrogen-bond acceptors (Lipinski definition) is 3. The van der Waals surface area contributed by atoms with E-state index in [-0.39, 0.29) is 12.6 Å². The quantitative estimate of drug-likeness (QED) is 0.863. The largest absolute Gasteiger partial charge is 0.445 e. The molecule has 98 valence electrons. The van der Waals surface area contributed by atoms with Gasteiger partial charge >= 0.3 is 6.09 Å². The van der Waals surface area contributed by atoms with Crippen LogP contribution in [0.5, 0.6) is 0 Å². The third kappa shape index (κ3) is 3.23. The number of alkyl carbamates (subject to hydrolysis) is 1. The highest BCUT2D eigenvalue weighted by molar-refractivity contribution is 5.67. The van der Waals surface area contributed by atoms with Crippen molar-refractivity contribution < 1.29 is 14.6 Å². The average molecular weight is 249 g/mol. The molecule has 2 N–H and O–H groups in total. The maximum absolute atomic E-state index is 11.6. The van der Waals surface area contributed by atoms with Gasteiger partial charge in [-0.1, -0.05) is 30.3 Å². The highest BCUT2D eigenvalue weighted by atomic mass is 16.5. The van der Waals surface area contributed by atoms with E-state index in [0.29, 0.717) is 0 Å². The van der Waals surface area contributed by atoms with Crippen LogP contribution in [0.3, 0.4) is 0 Å². The zero-order chi connectivity index (χ0) is 13.0. The predicted octanol–water partition coefficient (Wildman–Crippen LogP) is 2.22. The molecule has 0 saturated heterocycles. The number of benzene rings is 1. The number of carbonyl (C=O) groups excluding carboxylic acids is 1. The van der Waals surface area contributed by atoms with Crippen LogP contribution in [0.4, 0.5) is 4.79 Å². The standard InChI is InChI=1S/C14H19NO3/c1-14(17)9-5-8-12(14)15-13(16)18-10-11-6-3-2-4-7-11/h2-4,6-7,12,17H,5,8-10H2,1H3,(H,15,16)/t12-,14+/m1/s1. The summed E-state index contributed by atoms with van der Waals surface area (Å²) in [5, 5.41) is 12.7. The van der Waals surface area contributed by atoms with Gasteiger partial charge in [0.25, 0.3) is 0 Å². The van der Waals surface area contributed by atoms with Crippen molar-refractivity contribution in [3.05, 3.63) is 35.9 Å². The van der Waals surface area contributed by atoms with Crippen molar-refractivity contribution in [2.24, 2.45) is 0 Å².